The third kappa shape index (κ3) is 5.16. The first-order valence-corrected chi connectivity index (χ1v) is 7.72. The van der Waals surface area contributed by atoms with E-state index in [-0.39, 0.29) is 17.9 Å². The Morgan fingerprint density at radius 2 is 1.87 bits per heavy atom. The lowest BCUT2D eigenvalue weighted by atomic mass is 10.2. The van der Waals surface area contributed by atoms with E-state index in [1.165, 1.54) is 7.11 Å². The number of carbonyl (C=O) groups excluding carboxylic acids is 2. The normalized spacial score (nSPS) is 11.5. The molecule has 1 N–H and O–H groups in total. The van der Waals surface area contributed by atoms with Gasteiger partial charge in [-0.05, 0) is 31.5 Å². The standard InChI is InChI=1S/C17H26N2O4/c1-6-12(2)19(13(3)20)10-9-18-17(21)14-7-8-15(22-4)16(11-14)23-5/h7-8,11-12H,6,9-10H2,1-5H3,(H,18,21). The highest BCUT2D eigenvalue weighted by atomic mass is 16.5. The highest BCUT2D eigenvalue weighted by Gasteiger charge is 2.15. The zero-order valence-electron chi connectivity index (χ0n) is 14.5. The average molecular weight is 322 g/mol. The fourth-order valence-electron chi connectivity index (χ4n) is 2.28. The number of ether oxygens (including phenoxy) is 2. The van der Waals surface area contributed by atoms with Crippen LogP contribution < -0.4 is 14.8 Å². The molecule has 0 spiro atoms. The molecule has 1 aromatic rings. The minimum atomic E-state index is -0.210. The van der Waals surface area contributed by atoms with Crippen molar-refractivity contribution in [1.29, 1.82) is 0 Å². The fraction of sp³-hybridized carbons (Fsp3) is 0.529. The molecular weight excluding hydrogens is 296 g/mol. The summed E-state index contributed by atoms with van der Waals surface area (Å²) in [5.41, 5.74) is 0.487. The molecular formula is C17H26N2O4. The van der Waals surface area contributed by atoms with Crippen molar-refractivity contribution in [2.24, 2.45) is 0 Å². The molecule has 0 fully saturated rings. The number of benzene rings is 1. The molecule has 0 radical (unpaired) electrons. The minimum Gasteiger partial charge on any atom is -0.493 e. The van der Waals surface area contributed by atoms with E-state index in [2.05, 4.69) is 5.32 Å². The second-order valence-electron chi connectivity index (χ2n) is 5.30. The molecule has 0 aliphatic rings. The van der Waals surface area contributed by atoms with E-state index in [1.54, 1.807) is 37.1 Å². The largest absolute Gasteiger partial charge is 0.493 e. The Morgan fingerprint density at radius 1 is 1.22 bits per heavy atom. The van der Waals surface area contributed by atoms with Gasteiger partial charge in [0, 0.05) is 31.6 Å². The number of methoxy groups -OCH3 is 2. The fourth-order valence-corrected chi connectivity index (χ4v) is 2.28. The van der Waals surface area contributed by atoms with E-state index < -0.39 is 0 Å². The van der Waals surface area contributed by atoms with Crippen molar-refractivity contribution in [1.82, 2.24) is 10.2 Å². The summed E-state index contributed by atoms with van der Waals surface area (Å²) in [7, 11) is 3.07. The number of nitrogens with zero attached hydrogens (tertiary/aromatic N) is 1. The van der Waals surface area contributed by atoms with Crippen molar-refractivity contribution in [2.45, 2.75) is 33.2 Å². The molecule has 0 aliphatic heterocycles. The quantitative estimate of drug-likeness (QED) is 0.796. The maximum Gasteiger partial charge on any atom is 0.251 e. The first kappa shape index (κ1) is 18.8. The molecule has 0 bridgehead atoms. The van der Waals surface area contributed by atoms with Crippen LogP contribution >= 0.6 is 0 Å². The van der Waals surface area contributed by atoms with Crippen LogP contribution in [0.3, 0.4) is 0 Å². The number of amides is 2. The lowest BCUT2D eigenvalue weighted by Crippen LogP contribution is -2.42. The Morgan fingerprint density at radius 3 is 2.39 bits per heavy atom. The molecule has 6 heteroatoms. The predicted octanol–water partition coefficient (Wildman–Crippen LogP) is 2.08. The number of hydrogen-bond donors (Lipinski definition) is 1. The van der Waals surface area contributed by atoms with Crippen LogP contribution in [0.15, 0.2) is 18.2 Å². The van der Waals surface area contributed by atoms with Crippen LogP contribution in [0.4, 0.5) is 0 Å². The monoisotopic (exact) mass is 322 g/mol. The molecule has 128 valence electrons. The SMILES string of the molecule is CCC(C)N(CCNC(=O)c1ccc(OC)c(OC)c1)C(C)=O. The Bertz CT molecular complexity index is 545. The smallest absolute Gasteiger partial charge is 0.251 e. The van der Waals surface area contributed by atoms with E-state index in [4.69, 9.17) is 9.47 Å². The van der Waals surface area contributed by atoms with E-state index in [0.717, 1.165) is 6.42 Å². The molecule has 0 aliphatic carbocycles. The van der Waals surface area contributed by atoms with Gasteiger partial charge in [0.05, 0.1) is 14.2 Å². The van der Waals surface area contributed by atoms with Crippen molar-refractivity contribution in [2.75, 3.05) is 27.3 Å². The second-order valence-corrected chi connectivity index (χ2v) is 5.30. The third-order valence-electron chi connectivity index (χ3n) is 3.81. The van der Waals surface area contributed by atoms with E-state index >= 15 is 0 Å². The molecule has 1 atom stereocenters. The van der Waals surface area contributed by atoms with Crippen LogP contribution in [0.25, 0.3) is 0 Å². The van der Waals surface area contributed by atoms with Crippen LogP contribution in [0.2, 0.25) is 0 Å². The van der Waals surface area contributed by atoms with Crippen molar-refractivity contribution in [3.05, 3.63) is 23.8 Å². The Kier molecular flexibility index (Phi) is 7.38. The van der Waals surface area contributed by atoms with Crippen LogP contribution in [0.5, 0.6) is 11.5 Å². The van der Waals surface area contributed by atoms with Crippen molar-refractivity contribution in [3.63, 3.8) is 0 Å². The van der Waals surface area contributed by atoms with E-state index in [9.17, 15) is 9.59 Å². The molecule has 0 heterocycles. The van der Waals surface area contributed by atoms with Crippen LogP contribution in [0.1, 0.15) is 37.6 Å². The van der Waals surface area contributed by atoms with Gasteiger partial charge in [0.25, 0.3) is 5.91 Å². The van der Waals surface area contributed by atoms with Crippen LogP contribution in [-0.2, 0) is 4.79 Å². The molecule has 1 unspecified atom stereocenters. The van der Waals surface area contributed by atoms with Gasteiger partial charge >= 0.3 is 0 Å². The predicted molar refractivity (Wildman–Crippen MR) is 89.0 cm³/mol. The molecule has 0 aromatic heterocycles. The Hall–Kier alpha value is -2.24. The first-order chi connectivity index (χ1) is 10.9. The zero-order valence-corrected chi connectivity index (χ0v) is 14.5. The lowest BCUT2D eigenvalue weighted by Gasteiger charge is -2.27. The molecule has 0 saturated carbocycles. The second kappa shape index (κ2) is 9.02. The molecule has 1 aromatic carbocycles. The molecule has 1 rings (SSSR count). The summed E-state index contributed by atoms with van der Waals surface area (Å²) >= 11 is 0. The van der Waals surface area contributed by atoms with Crippen LogP contribution in [-0.4, -0.2) is 50.1 Å². The van der Waals surface area contributed by atoms with Gasteiger partial charge in [0.1, 0.15) is 0 Å². The molecule has 6 nitrogen and oxygen atoms in total. The summed E-state index contributed by atoms with van der Waals surface area (Å²) in [5.74, 6) is 0.881. The van der Waals surface area contributed by atoms with Gasteiger partial charge in [-0.1, -0.05) is 6.92 Å². The summed E-state index contributed by atoms with van der Waals surface area (Å²) in [5, 5.41) is 2.82. The number of rotatable bonds is 8. The Balaban J connectivity index is 2.64. The third-order valence-corrected chi connectivity index (χ3v) is 3.81. The maximum absolute atomic E-state index is 12.2. The van der Waals surface area contributed by atoms with Crippen molar-refractivity contribution >= 4 is 11.8 Å². The number of nitrogens with one attached hydrogen (secondary N) is 1. The molecule has 0 saturated heterocycles. The zero-order chi connectivity index (χ0) is 17.4. The summed E-state index contributed by atoms with van der Waals surface area (Å²) in [4.78, 5) is 25.6. The summed E-state index contributed by atoms with van der Waals surface area (Å²) in [6, 6.07) is 5.15. The highest BCUT2D eigenvalue weighted by molar-refractivity contribution is 5.94. The van der Waals surface area contributed by atoms with Gasteiger partial charge in [0.15, 0.2) is 11.5 Å². The van der Waals surface area contributed by atoms with Crippen LogP contribution in [0, 0.1) is 0 Å². The Labute approximate surface area is 137 Å². The summed E-state index contributed by atoms with van der Waals surface area (Å²) < 4.78 is 10.3. The van der Waals surface area contributed by atoms with Gasteiger partial charge in [-0.3, -0.25) is 9.59 Å². The van der Waals surface area contributed by atoms with Gasteiger partial charge in [-0.15, -0.1) is 0 Å². The number of carbonyl (C=O) groups is 2. The topological polar surface area (TPSA) is 67.9 Å². The van der Waals surface area contributed by atoms with Gasteiger partial charge in [0.2, 0.25) is 5.91 Å². The van der Waals surface area contributed by atoms with Crippen molar-refractivity contribution < 1.29 is 19.1 Å². The first-order valence-electron chi connectivity index (χ1n) is 7.72. The van der Waals surface area contributed by atoms with Gasteiger partial charge < -0.3 is 19.7 Å². The van der Waals surface area contributed by atoms with E-state index in [1.807, 2.05) is 13.8 Å². The number of hydrogen-bond acceptors (Lipinski definition) is 4. The average Bonchev–Trinajstić information content (AvgIpc) is 2.56. The van der Waals surface area contributed by atoms with Gasteiger partial charge in [-0.25, -0.2) is 0 Å². The molecule has 23 heavy (non-hydrogen) atoms. The summed E-state index contributed by atoms with van der Waals surface area (Å²) in [6.45, 7) is 6.46. The van der Waals surface area contributed by atoms with Gasteiger partial charge in [-0.2, -0.15) is 0 Å². The highest BCUT2D eigenvalue weighted by Crippen LogP contribution is 2.27. The van der Waals surface area contributed by atoms with Crippen molar-refractivity contribution in [3.8, 4) is 11.5 Å². The molecule has 2 amide bonds. The maximum atomic E-state index is 12.2. The lowest BCUT2D eigenvalue weighted by molar-refractivity contribution is -0.130. The summed E-state index contributed by atoms with van der Waals surface area (Å²) in [6.07, 6.45) is 0.878. The van der Waals surface area contributed by atoms with E-state index in [0.29, 0.717) is 30.2 Å². The minimum absolute atomic E-state index is 0.0136.